The maximum atomic E-state index is 7.46. The zero-order chi connectivity index (χ0) is 8.27. The zero-order valence-corrected chi connectivity index (χ0v) is 6.94. The lowest BCUT2D eigenvalue weighted by Crippen LogP contribution is -2.17. The molecular formula is C8H13N3. The lowest BCUT2D eigenvalue weighted by molar-refractivity contribution is 0.914. The van der Waals surface area contributed by atoms with E-state index in [9.17, 15) is 0 Å². The van der Waals surface area contributed by atoms with Crippen LogP contribution in [0.5, 0.6) is 0 Å². The van der Waals surface area contributed by atoms with Gasteiger partial charge in [-0.1, -0.05) is 0 Å². The summed E-state index contributed by atoms with van der Waals surface area (Å²) in [7, 11) is 1.86. The topological polar surface area (TPSA) is 48.2 Å². The molecule has 0 radical (unpaired) electrons. The molecule has 60 valence electrons. The van der Waals surface area contributed by atoms with E-state index in [-0.39, 0.29) is 0 Å². The number of nitrogens with one attached hydrogen (secondary N) is 2. The second-order valence-corrected chi connectivity index (χ2v) is 2.55. The zero-order valence-electron chi connectivity index (χ0n) is 6.94. The van der Waals surface area contributed by atoms with Gasteiger partial charge in [0.1, 0.15) is 0 Å². The van der Waals surface area contributed by atoms with E-state index in [1.807, 2.05) is 14.0 Å². The quantitative estimate of drug-likeness (QED) is 0.568. The molecule has 0 spiro atoms. The van der Waals surface area contributed by atoms with Crippen LogP contribution in [0.3, 0.4) is 0 Å². The summed E-state index contributed by atoms with van der Waals surface area (Å²) in [5, 5.41) is 10.5. The van der Waals surface area contributed by atoms with E-state index in [4.69, 9.17) is 5.41 Å². The van der Waals surface area contributed by atoms with E-state index in [0.717, 1.165) is 24.2 Å². The van der Waals surface area contributed by atoms with Crippen LogP contribution in [-0.4, -0.2) is 25.5 Å². The highest BCUT2D eigenvalue weighted by Crippen LogP contribution is 2.10. The van der Waals surface area contributed by atoms with Gasteiger partial charge in [0.15, 0.2) is 0 Å². The van der Waals surface area contributed by atoms with Crippen molar-refractivity contribution >= 4 is 11.9 Å². The summed E-state index contributed by atoms with van der Waals surface area (Å²) in [6.07, 6.45) is 2.69. The van der Waals surface area contributed by atoms with Crippen LogP contribution >= 0.6 is 0 Å². The first kappa shape index (κ1) is 7.98. The highest BCUT2D eigenvalue weighted by molar-refractivity contribution is 6.01. The van der Waals surface area contributed by atoms with Gasteiger partial charge in [-0.25, -0.2) is 0 Å². The predicted octanol–water partition coefficient (Wildman–Crippen LogP) is 0.974. The van der Waals surface area contributed by atoms with Gasteiger partial charge in [0, 0.05) is 25.5 Å². The Balaban J connectivity index is 2.91. The van der Waals surface area contributed by atoms with Crippen molar-refractivity contribution in [2.75, 3.05) is 13.6 Å². The molecule has 0 atom stereocenters. The molecule has 2 N–H and O–H groups in total. The van der Waals surface area contributed by atoms with Crippen LogP contribution in [0.1, 0.15) is 13.3 Å². The van der Waals surface area contributed by atoms with E-state index < -0.39 is 0 Å². The van der Waals surface area contributed by atoms with Gasteiger partial charge in [0.25, 0.3) is 0 Å². The highest BCUT2D eigenvalue weighted by Gasteiger charge is 2.08. The third-order valence-electron chi connectivity index (χ3n) is 1.76. The minimum Gasteiger partial charge on any atom is -0.387 e. The fourth-order valence-electron chi connectivity index (χ4n) is 1.15. The van der Waals surface area contributed by atoms with Gasteiger partial charge in [-0.15, -0.1) is 0 Å². The van der Waals surface area contributed by atoms with E-state index in [0.29, 0.717) is 5.71 Å². The van der Waals surface area contributed by atoms with Crippen LogP contribution < -0.4 is 5.32 Å². The lowest BCUT2D eigenvalue weighted by Gasteiger charge is -2.13. The molecule has 11 heavy (non-hydrogen) atoms. The second kappa shape index (κ2) is 3.32. The van der Waals surface area contributed by atoms with Crippen LogP contribution in [0, 0.1) is 5.41 Å². The Labute approximate surface area is 66.7 Å². The Bertz CT molecular complexity index is 225. The molecule has 0 saturated heterocycles. The number of nitrogens with zero attached hydrogens (tertiary/aromatic N) is 1. The molecule has 0 aromatic rings. The molecule has 0 amide bonds. The molecule has 0 unspecified atom stereocenters. The number of hydrogen-bond donors (Lipinski definition) is 2. The van der Waals surface area contributed by atoms with Crippen LogP contribution in [0.25, 0.3) is 0 Å². The number of allylic oxidation sites excluding steroid dienone is 1. The molecule has 0 aromatic heterocycles. The Kier molecular flexibility index (Phi) is 2.41. The molecule has 0 fully saturated rings. The molecule has 0 saturated carbocycles. The van der Waals surface area contributed by atoms with Gasteiger partial charge >= 0.3 is 0 Å². The van der Waals surface area contributed by atoms with Crippen molar-refractivity contribution in [2.24, 2.45) is 4.99 Å². The standard InChI is InChI=1S/C8H13N3/c1-6(9)7-3-4-11-5-8(7)10-2/h5,9-10H,3-4H2,1-2H3. The summed E-state index contributed by atoms with van der Waals surface area (Å²) < 4.78 is 0. The summed E-state index contributed by atoms with van der Waals surface area (Å²) in [5.41, 5.74) is 2.71. The number of hydrogen-bond acceptors (Lipinski definition) is 3. The van der Waals surface area contributed by atoms with Crippen molar-refractivity contribution in [2.45, 2.75) is 13.3 Å². The number of aliphatic imine (C=N–C) groups is 1. The molecule has 1 aliphatic heterocycles. The van der Waals surface area contributed by atoms with Crippen LogP contribution in [-0.2, 0) is 0 Å². The fraction of sp³-hybridized carbons (Fsp3) is 0.500. The van der Waals surface area contributed by atoms with Gasteiger partial charge in [0.05, 0.1) is 5.70 Å². The maximum absolute atomic E-state index is 7.46. The summed E-state index contributed by atoms with van der Waals surface area (Å²) in [4.78, 5) is 4.12. The maximum Gasteiger partial charge on any atom is 0.0570 e. The van der Waals surface area contributed by atoms with Gasteiger partial charge in [0.2, 0.25) is 0 Å². The van der Waals surface area contributed by atoms with Crippen LogP contribution in [0.4, 0.5) is 0 Å². The van der Waals surface area contributed by atoms with E-state index >= 15 is 0 Å². The Hall–Kier alpha value is -1.12. The van der Waals surface area contributed by atoms with E-state index in [1.165, 1.54) is 0 Å². The third kappa shape index (κ3) is 1.67. The molecule has 1 rings (SSSR count). The third-order valence-corrected chi connectivity index (χ3v) is 1.76. The van der Waals surface area contributed by atoms with Gasteiger partial charge in [-0.3, -0.25) is 4.99 Å². The smallest absolute Gasteiger partial charge is 0.0570 e. The molecule has 1 aliphatic rings. The van der Waals surface area contributed by atoms with E-state index in [2.05, 4.69) is 10.3 Å². The Morgan fingerprint density at radius 1 is 1.73 bits per heavy atom. The largest absolute Gasteiger partial charge is 0.387 e. The molecule has 0 aliphatic carbocycles. The number of rotatable bonds is 2. The van der Waals surface area contributed by atoms with Gasteiger partial charge in [-0.05, 0) is 18.9 Å². The van der Waals surface area contributed by atoms with Crippen LogP contribution in [0.2, 0.25) is 0 Å². The van der Waals surface area contributed by atoms with Crippen molar-refractivity contribution in [1.29, 1.82) is 5.41 Å². The molecule has 3 heteroatoms. The predicted molar refractivity (Wildman–Crippen MR) is 47.5 cm³/mol. The average molecular weight is 151 g/mol. The molecule has 3 nitrogen and oxygen atoms in total. The fourth-order valence-corrected chi connectivity index (χ4v) is 1.15. The highest BCUT2D eigenvalue weighted by atomic mass is 14.9. The first-order valence-electron chi connectivity index (χ1n) is 3.72. The summed E-state index contributed by atoms with van der Waals surface area (Å²) in [5.74, 6) is 0. The van der Waals surface area contributed by atoms with Gasteiger partial charge < -0.3 is 10.7 Å². The van der Waals surface area contributed by atoms with E-state index in [1.54, 1.807) is 6.21 Å². The first-order valence-corrected chi connectivity index (χ1v) is 3.72. The SMILES string of the molecule is CNC1=C(C(C)=N)CCN=C1. The summed E-state index contributed by atoms with van der Waals surface area (Å²) in [6.45, 7) is 2.63. The molecule has 0 aromatic carbocycles. The first-order chi connectivity index (χ1) is 5.25. The Morgan fingerprint density at radius 2 is 2.45 bits per heavy atom. The molecular weight excluding hydrogens is 138 g/mol. The monoisotopic (exact) mass is 151 g/mol. The minimum absolute atomic E-state index is 0.639. The summed E-state index contributed by atoms with van der Waals surface area (Å²) >= 11 is 0. The van der Waals surface area contributed by atoms with Crippen molar-refractivity contribution < 1.29 is 0 Å². The van der Waals surface area contributed by atoms with Crippen molar-refractivity contribution in [3.63, 3.8) is 0 Å². The average Bonchev–Trinajstić information content (AvgIpc) is 2.04. The number of dihydropyridines is 1. The van der Waals surface area contributed by atoms with Crippen molar-refractivity contribution in [1.82, 2.24) is 5.32 Å². The van der Waals surface area contributed by atoms with Crippen molar-refractivity contribution in [3.05, 3.63) is 11.3 Å². The lowest BCUT2D eigenvalue weighted by atomic mass is 10.0. The van der Waals surface area contributed by atoms with Crippen LogP contribution in [0.15, 0.2) is 16.3 Å². The Morgan fingerprint density at radius 3 is 2.91 bits per heavy atom. The second-order valence-electron chi connectivity index (χ2n) is 2.55. The molecule has 0 bridgehead atoms. The normalized spacial score (nSPS) is 16.9. The minimum atomic E-state index is 0.639. The summed E-state index contributed by atoms with van der Waals surface area (Å²) in [6, 6.07) is 0. The molecule has 1 heterocycles. The van der Waals surface area contributed by atoms with Gasteiger partial charge in [-0.2, -0.15) is 0 Å². The van der Waals surface area contributed by atoms with Crippen molar-refractivity contribution in [3.8, 4) is 0 Å².